The third-order valence-electron chi connectivity index (χ3n) is 4.64. The highest BCUT2D eigenvalue weighted by molar-refractivity contribution is 7.88. The smallest absolute Gasteiger partial charge is 0.215 e. The molecule has 3 N–H and O–H groups in total. The average molecular weight is 417 g/mol. The number of benzene rings is 2. The lowest BCUT2D eigenvalue weighted by Crippen LogP contribution is -2.39. The van der Waals surface area contributed by atoms with Crippen molar-refractivity contribution in [3.63, 3.8) is 0 Å². The van der Waals surface area contributed by atoms with E-state index in [0.29, 0.717) is 12.5 Å². The summed E-state index contributed by atoms with van der Waals surface area (Å²) in [7, 11) is -1.83. The van der Waals surface area contributed by atoms with Gasteiger partial charge in [0.1, 0.15) is 0 Å². The van der Waals surface area contributed by atoms with E-state index in [9.17, 15) is 8.42 Å². The molecule has 0 bridgehead atoms. The number of hydrogen-bond donors (Lipinski definition) is 3. The molecule has 29 heavy (non-hydrogen) atoms. The Hall–Kier alpha value is -2.38. The Labute approximate surface area is 174 Å². The molecule has 0 amide bonds. The maximum atomic E-state index is 11.6. The van der Waals surface area contributed by atoms with Crippen molar-refractivity contribution in [1.82, 2.24) is 15.4 Å². The maximum absolute atomic E-state index is 11.6. The van der Waals surface area contributed by atoms with Crippen molar-refractivity contribution in [2.24, 2.45) is 4.99 Å². The molecule has 6 nitrogen and oxygen atoms in total. The zero-order valence-corrected chi connectivity index (χ0v) is 18.5. The summed E-state index contributed by atoms with van der Waals surface area (Å²) in [6.07, 6.45) is 0. The van der Waals surface area contributed by atoms with Gasteiger partial charge >= 0.3 is 0 Å². The van der Waals surface area contributed by atoms with Crippen LogP contribution in [0.2, 0.25) is 0 Å². The quantitative estimate of drug-likeness (QED) is 0.434. The predicted molar refractivity (Wildman–Crippen MR) is 121 cm³/mol. The van der Waals surface area contributed by atoms with Crippen LogP contribution < -0.4 is 15.4 Å². The summed E-state index contributed by atoms with van der Waals surface area (Å²) in [6, 6.07) is 16.1. The molecule has 2 rings (SSSR count). The van der Waals surface area contributed by atoms with Crippen molar-refractivity contribution in [1.29, 1.82) is 0 Å². The van der Waals surface area contributed by atoms with Crippen LogP contribution >= 0.6 is 0 Å². The fraction of sp³-hybridized carbons (Fsp3) is 0.409. The van der Waals surface area contributed by atoms with Gasteiger partial charge in [-0.3, -0.25) is 0 Å². The van der Waals surface area contributed by atoms with E-state index >= 15 is 0 Å². The number of guanidine groups is 1. The zero-order valence-electron chi connectivity index (χ0n) is 17.7. The molecular formula is C22H32N4O2S. The Morgan fingerprint density at radius 1 is 1.07 bits per heavy atom. The summed E-state index contributed by atoms with van der Waals surface area (Å²) in [5.41, 5.74) is 4.35. The molecule has 7 heteroatoms. The molecule has 2 aromatic rings. The minimum Gasteiger partial charge on any atom is -0.357 e. The van der Waals surface area contributed by atoms with Crippen LogP contribution in [0.1, 0.15) is 42.0 Å². The van der Waals surface area contributed by atoms with E-state index in [1.54, 1.807) is 0 Å². The SMILES string of the molecule is CCNC(=NCc1ccc(CS(=O)(=O)NC)cc1)NCC(C)c1cccc(C)c1. The number of rotatable bonds is 9. The summed E-state index contributed by atoms with van der Waals surface area (Å²) >= 11 is 0. The van der Waals surface area contributed by atoms with Gasteiger partial charge in [-0.15, -0.1) is 0 Å². The number of sulfonamides is 1. The van der Waals surface area contributed by atoms with Crippen molar-refractivity contribution in [2.45, 2.75) is 39.0 Å². The fourth-order valence-corrected chi connectivity index (χ4v) is 3.66. The highest BCUT2D eigenvalue weighted by atomic mass is 32.2. The van der Waals surface area contributed by atoms with Gasteiger partial charge in [0.05, 0.1) is 12.3 Å². The molecule has 0 radical (unpaired) electrons. The molecule has 0 spiro atoms. The van der Waals surface area contributed by atoms with Crippen LogP contribution in [0.5, 0.6) is 0 Å². The second kappa shape index (κ2) is 11.0. The monoisotopic (exact) mass is 416 g/mol. The largest absolute Gasteiger partial charge is 0.357 e. The van der Waals surface area contributed by atoms with Crippen LogP contribution in [0.15, 0.2) is 53.5 Å². The van der Waals surface area contributed by atoms with Crippen LogP contribution in [0.3, 0.4) is 0 Å². The second-order valence-electron chi connectivity index (χ2n) is 7.17. The van der Waals surface area contributed by atoms with Gasteiger partial charge in [-0.1, -0.05) is 61.0 Å². The molecule has 2 aromatic carbocycles. The third kappa shape index (κ3) is 7.87. The van der Waals surface area contributed by atoms with Crippen LogP contribution in [0.25, 0.3) is 0 Å². The molecule has 0 aliphatic carbocycles. The second-order valence-corrected chi connectivity index (χ2v) is 9.10. The van der Waals surface area contributed by atoms with E-state index in [1.807, 2.05) is 31.2 Å². The maximum Gasteiger partial charge on any atom is 0.215 e. The fourth-order valence-electron chi connectivity index (χ4n) is 2.89. The van der Waals surface area contributed by atoms with Gasteiger partial charge in [-0.2, -0.15) is 0 Å². The van der Waals surface area contributed by atoms with Crippen molar-refractivity contribution in [3.8, 4) is 0 Å². The Kier molecular flexibility index (Phi) is 8.67. The summed E-state index contributed by atoms with van der Waals surface area (Å²) in [5.74, 6) is 1.12. The molecule has 0 aliphatic heterocycles. The van der Waals surface area contributed by atoms with E-state index in [2.05, 4.69) is 58.5 Å². The Bertz CT molecular complexity index is 909. The number of aliphatic imine (C=N–C) groups is 1. The lowest BCUT2D eigenvalue weighted by Gasteiger charge is -2.16. The van der Waals surface area contributed by atoms with E-state index in [0.717, 1.165) is 30.2 Å². The van der Waals surface area contributed by atoms with Crippen LogP contribution in [-0.2, 0) is 22.3 Å². The molecule has 158 valence electrons. The predicted octanol–water partition coefficient (Wildman–Crippen LogP) is 2.90. The van der Waals surface area contributed by atoms with Gasteiger partial charge in [-0.25, -0.2) is 18.1 Å². The van der Waals surface area contributed by atoms with Crippen molar-refractivity contribution >= 4 is 16.0 Å². The van der Waals surface area contributed by atoms with Gasteiger partial charge in [0.15, 0.2) is 5.96 Å². The van der Waals surface area contributed by atoms with E-state index < -0.39 is 10.0 Å². The lowest BCUT2D eigenvalue weighted by molar-refractivity contribution is 0.587. The first-order chi connectivity index (χ1) is 13.8. The molecule has 0 saturated carbocycles. The van der Waals surface area contributed by atoms with Gasteiger partial charge in [0.2, 0.25) is 10.0 Å². The number of nitrogens with one attached hydrogen (secondary N) is 3. The van der Waals surface area contributed by atoms with E-state index in [-0.39, 0.29) is 5.75 Å². The normalized spacial score (nSPS) is 13.2. The topological polar surface area (TPSA) is 82.6 Å². The van der Waals surface area contributed by atoms with Gasteiger partial charge in [0.25, 0.3) is 0 Å². The minimum absolute atomic E-state index is 0.0197. The Morgan fingerprint density at radius 2 is 1.76 bits per heavy atom. The Balaban J connectivity index is 1.96. The molecule has 0 heterocycles. The molecule has 1 unspecified atom stereocenters. The van der Waals surface area contributed by atoms with Crippen LogP contribution in [0.4, 0.5) is 0 Å². The van der Waals surface area contributed by atoms with E-state index in [4.69, 9.17) is 0 Å². The highest BCUT2D eigenvalue weighted by Crippen LogP contribution is 2.15. The van der Waals surface area contributed by atoms with Crippen LogP contribution in [0, 0.1) is 6.92 Å². The molecule has 0 saturated heterocycles. The Morgan fingerprint density at radius 3 is 2.38 bits per heavy atom. The van der Waals surface area contributed by atoms with Crippen molar-refractivity contribution in [3.05, 3.63) is 70.8 Å². The summed E-state index contributed by atoms with van der Waals surface area (Å²) in [4.78, 5) is 4.65. The lowest BCUT2D eigenvalue weighted by atomic mass is 9.99. The third-order valence-corrected chi connectivity index (χ3v) is 5.98. The molecule has 0 aromatic heterocycles. The highest BCUT2D eigenvalue weighted by Gasteiger charge is 2.09. The van der Waals surface area contributed by atoms with E-state index in [1.165, 1.54) is 18.2 Å². The van der Waals surface area contributed by atoms with Gasteiger partial charge < -0.3 is 10.6 Å². The molecule has 0 fully saturated rings. The number of aryl methyl sites for hydroxylation is 1. The first-order valence-electron chi connectivity index (χ1n) is 9.90. The molecule has 0 aliphatic rings. The standard InChI is InChI=1S/C22H32N4O2S/c1-5-24-22(25-14-18(3)21-8-6-7-17(2)13-21)26-15-19-9-11-20(12-10-19)16-29(27,28)23-4/h6-13,18,23H,5,14-16H2,1-4H3,(H2,24,25,26). The summed E-state index contributed by atoms with van der Waals surface area (Å²) in [6.45, 7) is 8.44. The summed E-state index contributed by atoms with van der Waals surface area (Å²) in [5, 5.41) is 6.68. The van der Waals surface area contributed by atoms with Crippen molar-refractivity contribution in [2.75, 3.05) is 20.1 Å². The molecule has 1 atom stereocenters. The number of nitrogens with zero attached hydrogens (tertiary/aromatic N) is 1. The van der Waals surface area contributed by atoms with Gasteiger partial charge in [-0.05, 0) is 43.5 Å². The van der Waals surface area contributed by atoms with Crippen LogP contribution in [-0.4, -0.2) is 34.5 Å². The first-order valence-corrected chi connectivity index (χ1v) is 11.6. The summed E-state index contributed by atoms with van der Waals surface area (Å²) < 4.78 is 25.6. The average Bonchev–Trinajstić information content (AvgIpc) is 2.70. The zero-order chi connectivity index (χ0) is 21.3. The minimum atomic E-state index is -3.26. The molecular weight excluding hydrogens is 384 g/mol. The number of hydrogen-bond acceptors (Lipinski definition) is 3. The van der Waals surface area contributed by atoms with Gasteiger partial charge in [0, 0.05) is 13.1 Å². The first kappa shape index (κ1) is 22.9. The van der Waals surface area contributed by atoms with Crippen molar-refractivity contribution < 1.29 is 8.42 Å².